The first kappa shape index (κ1) is 14.4. The molecule has 1 heterocycles. The van der Waals surface area contributed by atoms with Crippen LogP contribution in [0, 0.1) is 0 Å². The number of anilines is 1. The van der Waals surface area contributed by atoms with Crippen LogP contribution in [0.2, 0.25) is 0 Å². The summed E-state index contributed by atoms with van der Waals surface area (Å²) in [6.07, 6.45) is -0.731. The van der Waals surface area contributed by atoms with Gasteiger partial charge in [0.1, 0.15) is 5.82 Å². The fourth-order valence-electron chi connectivity index (χ4n) is 1.68. The van der Waals surface area contributed by atoms with E-state index in [1.54, 1.807) is 18.2 Å². The largest absolute Gasteiger partial charge is 0.550 e. The van der Waals surface area contributed by atoms with Gasteiger partial charge in [0, 0.05) is 11.4 Å². The Bertz CT molecular complexity index is 712. The molecule has 7 heteroatoms. The maximum atomic E-state index is 10.8. The molecular formula is C14H11N3O4-2. The molecule has 0 aliphatic carbocycles. The zero-order valence-corrected chi connectivity index (χ0v) is 10.9. The van der Waals surface area contributed by atoms with Crippen LogP contribution >= 0.6 is 0 Å². The maximum absolute atomic E-state index is 10.8. The Morgan fingerprint density at radius 2 is 1.86 bits per heavy atom. The quantitative estimate of drug-likeness (QED) is 0.553. The Labute approximate surface area is 119 Å². The van der Waals surface area contributed by atoms with Crippen molar-refractivity contribution in [2.24, 2.45) is 5.10 Å². The first-order valence-electron chi connectivity index (χ1n) is 6.16. The molecule has 0 fully saturated rings. The molecule has 0 spiro atoms. The minimum absolute atomic E-state index is 0.286. The highest BCUT2D eigenvalue weighted by atomic mass is 16.4. The normalized spacial score (nSPS) is 11.3. The van der Waals surface area contributed by atoms with Crippen LogP contribution in [-0.2, 0) is 9.59 Å². The van der Waals surface area contributed by atoms with Crippen LogP contribution in [0.1, 0.15) is 12.8 Å². The molecule has 0 saturated carbocycles. The molecular weight excluding hydrogens is 274 g/mol. The topological polar surface area (TPSA) is 118 Å². The van der Waals surface area contributed by atoms with Crippen molar-refractivity contribution in [3.63, 3.8) is 0 Å². The molecule has 21 heavy (non-hydrogen) atoms. The Morgan fingerprint density at radius 1 is 1.10 bits per heavy atom. The second-order valence-corrected chi connectivity index (χ2v) is 4.22. The standard InChI is InChI=1S/C14H13N3O4/c18-13(19)8-6-11(14(20)21)16-17-12-7-5-9-3-1-2-4-10(9)15-12/h1-5,7H,6,8H2,(H,15,17)(H,18,19)(H,20,21)/p-2/b16-11+. The number of carboxylic acid groups (broad SMARTS) is 2. The van der Waals surface area contributed by atoms with E-state index in [-0.39, 0.29) is 6.42 Å². The number of hydrogen-bond donors (Lipinski definition) is 1. The zero-order chi connectivity index (χ0) is 15.2. The van der Waals surface area contributed by atoms with Gasteiger partial charge in [-0.2, -0.15) is 5.10 Å². The molecule has 1 aromatic carbocycles. The lowest BCUT2D eigenvalue weighted by atomic mass is 10.2. The van der Waals surface area contributed by atoms with E-state index in [1.165, 1.54) is 0 Å². The van der Waals surface area contributed by atoms with Crippen LogP contribution in [0.4, 0.5) is 5.82 Å². The highest BCUT2D eigenvalue weighted by molar-refractivity contribution is 6.34. The van der Waals surface area contributed by atoms with E-state index in [1.807, 2.05) is 18.2 Å². The van der Waals surface area contributed by atoms with E-state index in [9.17, 15) is 19.8 Å². The summed E-state index contributed by atoms with van der Waals surface area (Å²) in [5.74, 6) is -2.54. The van der Waals surface area contributed by atoms with Crippen LogP contribution in [0.3, 0.4) is 0 Å². The Balaban J connectivity index is 2.15. The summed E-state index contributed by atoms with van der Waals surface area (Å²) in [6, 6.07) is 10.8. The molecule has 7 nitrogen and oxygen atoms in total. The van der Waals surface area contributed by atoms with Crippen molar-refractivity contribution in [2.45, 2.75) is 12.8 Å². The molecule has 1 N–H and O–H groups in total. The number of nitrogens with one attached hydrogen (secondary N) is 1. The fraction of sp³-hybridized carbons (Fsp3) is 0.143. The minimum Gasteiger partial charge on any atom is -0.550 e. The van der Waals surface area contributed by atoms with Gasteiger partial charge in [0.25, 0.3) is 0 Å². The number of hydrazone groups is 1. The van der Waals surface area contributed by atoms with E-state index < -0.39 is 24.1 Å². The summed E-state index contributed by atoms with van der Waals surface area (Å²) in [7, 11) is 0. The lowest BCUT2D eigenvalue weighted by Gasteiger charge is -2.09. The number of rotatable bonds is 6. The summed E-state index contributed by atoms with van der Waals surface area (Å²) >= 11 is 0. The van der Waals surface area contributed by atoms with Gasteiger partial charge in [-0.3, -0.25) is 5.43 Å². The van der Waals surface area contributed by atoms with Crippen LogP contribution in [0.15, 0.2) is 41.5 Å². The number of pyridine rings is 1. The Morgan fingerprint density at radius 3 is 2.57 bits per heavy atom. The van der Waals surface area contributed by atoms with E-state index >= 15 is 0 Å². The second-order valence-electron chi connectivity index (χ2n) is 4.22. The molecule has 108 valence electrons. The number of para-hydroxylation sites is 1. The van der Waals surface area contributed by atoms with Crippen molar-refractivity contribution in [1.82, 2.24) is 4.98 Å². The molecule has 0 bridgehead atoms. The lowest BCUT2D eigenvalue weighted by Crippen LogP contribution is -2.34. The highest BCUT2D eigenvalue weighted by Gasteiger charge is 2.02. The van der Waals surface area contributed by atoms with Gasteiger partial charge in [-0.1, -0.05) is 18.2 Å². The first-order valence-corrected chi connectivity index (χ1v) is 6.16. The number of hydrogen-bond acceptors (Lipinski definition) is 7. The number of benzene rings is 1. The summed E-state index contributed by atoms with van der Waals surface area (Å²) < 4.78 is 0. The average Bonchev–Trinajstić information content (AvgIpc) is 2.46. The Kier molecular flexibility index (Phi) is 4.45. The third-order valence-electron chi connectivity index (χ3n) is 2.71. The van der Waals surface area contributed by atoms with Crippen molar-refractivity contribution in [3.8, 4) is 0 Å². The molecule has 0 aliphatic heterocycles. The molecule has 0 unspecified atom stereocenters. The van der Waals surface area contributed by atoms with Gasteiger partial charge in [-0.05, 0) is 31.0 Å². The van der Waals surface area contributed by atoms with Gasteiger partial charge in [-0.25, -0.2) is 4.98 Å². The van der Waals surface area contributed by atoms with Crippen LogP contribution in [0.5, 0.6) is 0 Å². The van der Waals surface area contributed by atoms with Crippen molar-refractivity contribution in [1.29, 1.82) is 0 Å². The molecule has 2 rings (SSSR count). The van der Waals surface area contributed by atoms with Crippen molar-refractivity contribution in [3.05, 3.63) is 36.4 Å². The zero-order valence-electron chi connectivity index (χ0n) is 10.9. The van der Waals surface area contributed by atoms with Crippen LogP contribution in [-0.4, -0.2) is 22.6 Å². The molecule has 2 aromatic rings. The number of carbonyl (C=O) groups is 2. The minimum atomic E-state index is -1.54. The van der Waals surface area contributed by atoms with Crippen molar-refractivity contribution >= 4 is 34.4 Å². The average molecular weight is 285 g/mol. The Hall–Kier alpha value is -2.96. The molecule has 0 saturated heterocycles. The summed E-state index contributed by atoms with van der Waals surface area (Å²) in [5, 5.41) is 25.7. The lowest BCUT2D eigenvalue weighted by molar-refractivity contribution is -0.305. The van der Waals surface area contributed by atoms with Gasteiger partial charge in [0.05, 0.1) is 17.2 Å². The molecule has 0 amide bonds. The third kappa shape index (κ3) is 4.00. The highest BCUT2D eigenvalue weighted by Crippen LogP contribution is 2.14. The van der Waals surface area contributed by atoms with Crippen molar-refractivity contribution in [2.75, 3.05) is 5.43 Å². The van der Waals surface area contributed by atoms with Crippen LogP contribution < -0.4 is 15.6 Å². The van der Waals surface area contributed by atoms with E-state index in [2.05, 4.69) is 15.5 Å². The number of carbonyl (C=O) groups excluding carboxylic acids is 2. The second kappa shape index (κ2) is 6.47. The molecule has 0 atom stereocenters. The summed E-state index contributed by atoms with van der Waals surface area (Å²) in [4.78, 5) is 25.4. The van der Waals surface area contributed by atoms with Gasteiger partial charge >= 0.3 is 0 Å². The smallest absolute Gasteiger partial charge is 0.146 e. The van der Waals surface area contributed by atoms with E-state index in [4.69, 9.17) is 0 Å². The predicted molar refractivity (Wildman–Crippen MR) is 72.0 cm³/mol. The predicted octanol–water partition coefficient (Wildman–Crippen LogP) is -0.717. The van der Waals surface area contributed by atoms with Gasteiger partial charge in [0.2, 0.25) is 0 Å². The number of aromatic nitrogens is 1. The fourth-order valence-corrected chi connectivity index (χ4v) is 1.68. The van der Waals surface area contributed by atoms with Gasteiger partial charge in [0.15, 0.2) is 0 Å². The van der Waals surface area contributed by atoms with Gasteiger partial charge in [-0.15, -0.1) is 0 Å². The number of nitrogens with zero attached hydrogens (tertiary/aromatic N) is 2. The van der Waals surface area contributed by atoms with E-state index in [0.29, 0.717) is 5.82 Å². The summed E-state index contributed by atoms with van der Waals surface area (Å²) in [6.45, 7) is 0. The molecule has 0 radical (unpaired) electrons. The van der Waals surface area contributed by atoms with Gasteiger partial charge < -0.3 is 19.8 Å². The molecule has 1 aromatic heterocycles. The molecule has 0 aliphatic rings. The number of carboxylic acids is 2. The summed E-state index contributed by atoms with van der Waals surface area (Å²) in [5.41, 5.74) is 2.80. The van der Waals surface area contributed by atoms with Crippen LogP contribution in [0.25, 0.3) is 10.9 Å². The first-order chi connectivity index (χ1) is 10.1. The number of fused-ring (bicyclic) bond motifs is 1. The monoisotopic (exact) mass is 285 g/mol. The SMILES string of the molecule is O=C([O-])CC/C(=N\Nc1ccc2ccccc2n1)C(=O)[O-]. The third-order valence-corrected chi connectivity index (χ3v) is 2.71. The van der Waals surface area contributed by atoms with E-state index in [0.717, 1.165) is 10.9 Å². The maximum Gasteiger partial charge on any atom is 0.146 e. The number of aliphatic carboxylic acids is 2. The van der Waals surface area contributed by atoms with Crippen molar-refractivity contribution < 1.29 is 19.8 Å².